The SMILES string of the molecule is CC(=O)Nc1ccc(-c2cc(C(=N)C(=O)Nc3ccc(C#N)cc3C(=O)O)c(O)cc2NC(C)=O)c(C(F)(F)F)c1. The van der Waals surface area contributed by atoms with Gasteiger partial charge in [0.05, 0.1) is 34.1 Å². The van der Waals surface area contributed by atoms with Crippen LogP contribution >= 0.6 is 0 Å². The van der Waals surface area contributed by atoms with Crippen LogP contribution in [0.1, 0.15) is 40.9 Å². The topological polar surface area (TPSA) is 192 Å². The van der Waals surface area contributed by atoms with Crippen molar-refractivity contribution in [2.24, 2.45) is 0 Å². The largest absolute Gasteiger partial charge is 0.507 e. The number of phenols is 1. The van der Waals surface area contributed by atoms with Crippen molar-refractivity contribution in [3.8, 4) is 22.9 Å². The first-order valence-electron chi connectivity index (χ1n) is 11.4. The molecule has 0 aliphatic carbocycles. The molecular formula is C27H20F3N5O6. The van der Waals surface area contributed by atoms with Crippen molar-refractivity contribution in [2.45, 2.75) is 20.0 Å². The third-order valence-electron chi connectivity index (χ3n) is 5.51. The van der Waals surface area contributed by atoms with Crippen LogP contribution < -0.4 is 16.0 Å². The molecule has 0 aromatic heterocycles. The van der Waals surface area contributed by atoms with E-state index >= 15 is 0 Å². The summed E-state index contributed by atoms with van der Waals surface area (Å²) in [5.74, 6) is -4.79. The molecule has 0 spiro atoms. The summed E-state index contributed by atoms with van der Waals surface area (Å²) >= 11 is 0. The summed E-state index contributed by atoms with van der Waals surface area (Å²) in [6.45, 7) is 2.18. The van der Waals surface area contributed by atoms with Gasteiger partial charge in [-0.15, -0.1) is 0 Å². The predicted octanol–water partition coefficient (Wildman–Crippen LogP) is 4.57. The molecule has 3 aromatic rings. The number of carbonyl (C=O) groups excluding carboxylic acids is 3. The van der Waals surface area contributed by atoms with Crippen LogP contribution in [-0.2, 0) is 20.6 Å². The van der Waals surface area contributed by atoms with Gasteiger partial charge < -0.3 is 26.2 Å². The summed E-state index contributed by atoms with van der Waals surface area (Å²) < 4.78 is 42.3. The van der Waals surface area contributed by atoms with E-state index in [1.807, 2.05) is 0 Å². The Morgan fingerprint density at radius 1 is 0.854 bits per heavy atom. The van der Waals surface area contributed by atoms with Crippen LogP contribution in [0.4, 0.5) is 30.2 Å². The molecule has 0 bridgehead atoms. The Morgan fingerprint density at radius 2 is 1.51 bits per heavy atom. The Hall–Kier alpha value is -5.71. The van der Waals surface area contributed by atoms with E-state index in [1.165, 1.54) is 12.1 Å². The van der Waals surface area contributed by atoms with Gasteiger partial charge in [0.2, 0.25) is 11.8 Å². The molecular weight excluding hydrogens is 547 g/mol. The fraction of sp³-hybridized carbons (Fsp3) is 0.111. The van der Waals surface area contributed by atoms with E-state index in [1.54, 1.807) is 6.07 Å². The Morgan fingerprint density at radius 3 is 2.07 bits per heavy atom. The first-order chi connectivity index (χ1) is 19.1. The Balaban J connectivity index is 2.15. The van der Waals surface area contributed by atoms with Crippen LogP contribution in [0.5, 0.6) is 5.75 Å². The standard InChI is InChI=1S/C27H20F3N5O6/c1-12(36)33-15-4-5-16(20(8-15)27(28,29)30)17-9-19(23(38)10-22(17)34-13(2)37)24(32)25(39)35-21-6-3-14(11-31)7-18(21)26(40)41/h3-10,32,38H,1-2H3,(H,33,36)(H,34,37)(H,35,39)(H,40,41). The fourth-order valence-electron chi connectivity index (χ4n) is 3.81. The molecule has 14 heteroatoms. The number of rotatable bonds is 7. The minimum atomic E-state index is -4.96. The number of hydrogen-bond acceptors (Lipinski definition) is 7. The van der Waals surface area contributed by atoms with Crippen molar-refractivity contribution < 1.29 is 42.6 Å². The first kappa shape index (κ1) is 29.8. The summed E-state index contributed by atoms with van der Waals surface area (Å²) in [4.78, 5) is 47.6. The smallest absolute Gasteiger partial charge is 0.417 e. The van der Waals surface area contributed by atoms with Crippen LogP contribution in [0.15, 0.2) is 48.5 Å². The van der Waals surface area contributed by atoms with Crippen LogP contribution in [-0.4, -0.2) is 39.6 Å². The summed E-state index contributed by atoms with van der Waals surface area (Å²) in [6, 6.07) is 9.66. The molecule has 3 rings (SSSR count). The van der Waals surface area contributed by atoms with Crippen LogP contribution in [0.25, 0.3) is 11.1 Å². The van der Waals surface area contributed by atoms with Gasteiger partial charge in [-0.3, -0.25) is 19.8 Å². The average Bonchev–Trinajstić information content (AvgIpc) is 2.87. The normalized spacial score (nSPS) is 10.7. The molecule has 0 saturated carbocycles. The van der Waals surface area contributed by atoms with Crippen molar-refractivity contribution >= 4 is 46.5 Å². The molecule has 3 amide bonds. The quantitative estimate of drug-likeness (QED) is 0.225. The van der Waals surface area contributed by atoms with Crippen molar-refractivity contribution in [1.82, 2.24) is 0 Å². The highest BCUT2D eigenvalue weighted by Gasteiger charge is 2.35. The van der Waals surface area contributed by atoms with Gasteiger partial charge in [0, 0.05) is 36.7 Å². The third-order valence-corrected chi connectivity index (χ3v) is 5.51. The molecule has 3 aromatic carbocycles. The number of benzene rings is 3. The molecule has 6 N–H and O–H groups in total. The lowest BCUT2D eigenvalue weighted by Crippen LogP contribution is -2.24. The number of alkyl halides is 3. The minimum absolute atomic E-state index is 0.0173. The van der Waals surface area contributed by atoms with Gasteiger partial charge in [0.1, 0.15) is 11.5 Å². The molecule has 11 nitrogen and oxygen atoms in total. The van der Waals surface area contributed by atoms with Gasteiger partial charge in [-0.25, -0.2) is 4.79 Å². The molecule has 0 radical (unpaired) electrons. The fourth-order valence-corrected chi connectivity index (χ4v) is 3.81. The van der Waals surface area contributed by atoms with Crippen LogP contribution in [0.3, 0.4) is 0 Å². The molecule has 0 fully saturated rings. The number of carboxylic acid groups (broad SMARTS) is 1. The van der Waals surface area contributed by atoms with Crippen molar-refractivity contribution in [2.75, 3.05) is 16.0 Å². The third kappa shape index (κ3) is 6.84. The second kappa shape index (κ2) is 11.6. The van der Waals surface area contributed by atoms with E-state index in [-0.39, 0.29) is 28.2 Å². The lowest BCUT2D eigenvalue weighted by molar-refractivity contribution is -0.137. The zero-order chi connectivity index (χ0) is 30.6. The molecule has 0 atom stereocenters. The molecule has 0 unspecified atom stereocenters. The van der Waals surface area contributed by atoms with Gasteiger partial charge in [0.15, 0.2) is 0 Å². The number of carbonyl (C=O) groups is 4. The van der Waals surface area contributed by atoms with E-state index in [0.29, 0.717) is 6.07 Å². The number of amides is 3. The second-order valence-electron chi connectivity index (χ2n) is 8.54. The Kier molecular flexibility index (Phi) is 8.43. The molecule has 0 aliphatic rings. The van der Waals surface area contributed by atoms with Gasteiger partial charge >= 0.3 is 12.1 Å². The number of aromatic hydroxyl groups is 1. The number of halogens is 3. The number of aromatic carboxylic acids is 1. The highest BCUT2D eigenvalue weighted by molar-refractivity contribution is 6.48. The van der Waals surface area contributed by atoms with Gasteiger partial charge in [0.25, 0.3) is 5.91 Å². The monoisotopic (exact) mass is 567 g/mol. The molecule has 0 aliphatic heterocycles. The zero-order valence-corrected chi connectivity index (χ0v) is 21.2. The van der Waals surface area contributed by atoms with Crippen LogP contribution in [0, 0.1) is 16.7 Å². The molecule has 41 heavy (non-hydrogen) atoms. The lowest BCUT2D eigenvalue weighted by Gasteiger charge is -2.19. The lowest BCUT2D eigenvalue weighted by atomic mass is 9.93. The summed E-state index contributed by atoms with van der Waals surface area (Å²) in [5, 5.41) is 44.0. The highest BCUT2D eigenvalue weighted by atomic mass is 19.4. The van der Waals surface area contributed by atoms with E-state index < -0.39 is 63.6 Å². The number of nitrogens with zero attached hydrogens (tertiary/aromatic N) is 1. The van der Waals surface area contributed by atoms with Gasteiger partial charge in [-0.05, 0) is 42.0 Å². The number of anilines is 3. The summed E-state index contributed by atoms with van der Waals surface area (Å²) in [5.41, 5.74) is -4.77. The highest BCUT2D eigenvalue weighted by Crippen LogP contribution is 2.43. The minimum Gasteiger partial charge on any atom is -0.507 e. The van der Waals surface area contributed by atoms with Crippen molar-refractivity contribution in [3.63, 3.8) is 0 Å². The number of phenolic OH excluding ortho intramolecular Hbond substituents is 1. The molecule has 0 saturated heterocycles. The van der Waals surface area contributed by atoms with E-state index in [4.69, 9.17) is 10.7 Å². The predicted molar refractivity (Wildman–Crippen MR) is 141 cm³/mol. The molecule has 0 heterocycles. The van der Waals surface area contributed by atoms with E-state index in [9.17, 15) is 42.6 Å². The average molecular weight is 567 g/mol. The Labute approximate surface area is 229 Å². The van der Waals surface area contributed by atoms with Crippen molar-refractivity contribution in [3.05, 3.63) is 70.8 Å². The maximum absolute atomic E-state index is 14.1. The first-order valence-corrected chi connectivity index (χ1v) is 11.4. The van der Waals surface area contributed by atoms with Crippen LogP contribution in [0.2, 0.25) is 0 Å². The van der Waals surface area contributed by atoms with E-state index in [2.05, 4.69) is 16.0 Å². The van der Waals surface area contributed by atoms with Gasteiger partial charge in [-0.2, -0.15) is 18.4 Å². The van der Waals surface area contributed by atoms with Crippen molar-refractivity contribution in [1.29, 1.82) is 10.7 Å². The summed E-state index contributed by atoms with van der Waals surface area (Å²) in [7, 11) is 0. The van der Waals surface area contributed by atoms with Gasteiger partial charge in [-0.1, -0.05) is 6.07 Å². The number of carboxylic acids is 1. The maximum Gasteiger partial charge on any atom is 0.417 e. The van der Waals surface area contributed by atoms with E-state index in [0.717, 1.165) is 44.2 Å². The maximum atomic E-state index is 14.1. The second-order valence-corrected chi connectivity index (χ2v) is 8.54. The Bertz CT molecular complexity index is 1660. The number of nitriles is 1. The molecule has 210 valence electrons. The zero-order valence-electron chi connectivity index (χ0n) is 21.2. The number of nitrogens with one attached hydrogen (secondary N) is 4. The number of hydrogen-bond donors (Lipinski definition) is 6. The summed E-state index contributed by atoms with van der Waals surface area (Å²) in [6.07, 6.45) is -4.96.